The minimum atomic E-state index is -0.374. The van der Waals surface area contributed by atoms with Gasteiger partial charge >= 0.3 is 0 Å². The van der Waals surface area contributed by atoms with E-state index in [1.54, 1.807) is 30.8 Å². The summed E-state index contributed by atoms with van der Waals surface area (Å²) in [6, 6.07) is 15.9. The standard InChI is InChI=1S/C22H15BrN4O3/c1-13-22-21(19-7-4-10-30-19)24-12-26(22)17-9-8-14(23)11-16(17)20(25-13)15-5-2-3-6-18(15)27(28)29/h2-13H,1H3/t13-/m0/s1. The zero-order valence-electron chi connectivity index (χ0n) is 15.8. The number of para-hydroxylation sites is 1. The molecule has 4 aromatic rings. The van der Waals surface area contributed by atoms with Crippen molar-refractivity contribution in [1.29, 1.82) is 0 Å². The van der Waals surface area contributed by atoms with Crippen molar-refractivity contribution in [2.24, 2.45) is 4.99 Å². The van der Waals surface area contributed by atoms with Crippen LogP contribution in [0.2, 0.25) is 0 Å². The summed E-state index contributed by atoms with van der Waals surface area (Å²) >= 11 is 3.53. The number of nitrogens with zero attached hydrogens (tertiary/aromatic N) is 4. The highest BCUT2D eigenvalue weighted by molar-refractivity contribution is 9.10. The normalized spacial score (nSPS) is 15.1. The van der Waals surface area contributed by atoms with Crippen LogP contribution in [0, 0.1) is 10.1 Å². The average Bonchev–Trinajstić information content (AvgIpc) is 3.39. The molecule has 0 N–H and O–H groups in total. The molecule has 30 heavy (non-hydrogen) atoms. The molecule has 2 aromatic carbocycles. The molecule has 1 aliphatic heterocycles. The highest BCUT2D eigenvalue weighted by atomic mass is 79.9. The highest BCUT2D eigenvalue weighted by Gasteiger charge is 2.29. The number of halogens is 1. The van der Waals surface area contributed by atoms with Crippen LogP contribution < -0.4 is 0 Å². The molecular weight excluding hydrogens is 448 g/mol. The Kier molecular flexibility index (Phi) is 4.36. The van der Waals surface area contributed by atoms with Crippen LogP contribution in [0.15, 0.2) is 81.1 Å². The van der Waals surface area contributed by atoms with E-state index in [1.165, 1.54) is 6.07 Å². The molecule has 0 amide bonds. The molecule has 8 heteroatoms. The number of nitro benzene ring substituents is 1. The van der Waals surface area contributed by atoms with Crippen LogP contribution >= 0.6 is 15.9 Å². The van der Waals surface area contributed by atoms with Gasteiger partial charge in [-0.1, -0.05) is 28.1 Å². The van der Waals surface area contributed by atoms with Crippen molar-refractivity contribution in [3.05, 3.63) is 98.6 Å². The summed E-state index contributed by atoms with van der Waals surface area (Å²) in [6.45, 7) is 1.95. The van der Waals surface area contributed by atoms with E-state index in [0.29, 0.717) is 22.7 Å². The number of fused-ring (bicyclic) bond motifs is 3. The SMILES string of the molecule is C[C@@H]1N=C(c2ccccc2[N+](=O)[O-])c2cc(Br)ccc2-n2cnc(-c3ccco3)c21. The quantitative estimate of drug-likeness (QED) is 0.288. The van der Waals surface area contributed by atoms with Crippen molar-refractivity contribution in [2.45, 2.75) is 13.0 Å². The van der Waals surface area contributed by atoms with Crippen molar-refractivity contribution in [3.8, 4) is 17.1 Å². The van der Waals surface area contributed by atoms with E-state index in [4.69, 9.17) is 9.41 Å². The maximum absolute atomic E-state index is 11.7. The van der Waals surface area contributed by atoms with Crippen LogP contribution in [0.1, 0.15) is 29.8 Å². The van der Waals surface area contributed by atoms with E-state index >= 15 is 0 Å². The molecule has 0 spiro atoms. The molecule has 0 radical (unpaired) electrons. The predicted octanol–water partition coefficient (Wildman–Crippen LogP) is 5.72. The van der Waals surface area contributed by atoms with Crippen molar-refractivity contribution in [1.82, 2.24) is 9.55 Å². The van der Waals surface area contributed by atoms with E-state index in [9.17, 15) is 10.1 Å². The number of furan rings is 1. The van der Waals surface area contributed by atoms with Crippen LogP contribution in [0.4, 0.5) is 5.69 Å². The number of imidazole rings is 1. The van der Waals surface area contributed by atoms with Gasteiger partial charge in [-0.05, 0) is 43.3 Å². The van der Waals surface area contributed by atoms with E-state index in [2.05, 4.69) is 20.9 Å². The molecule has 0 aliphatic carbocycles. The minimum Gasteiger partial charge on any atom is -0.463 e. The lowest BCUT2D eigenvalue weighted by atomic mass is 9.99. The first-order chi connectivity index (χ1) is 14.5. The van der Waals surface area contributed by atoms with Crippen LogP contribution in [-0.4, -0.2) is 20.2 Å². The molecule has 2 aromatic heterocycles. The highest BCUT2D eigenvalue weighted by Crippen LogP contribution is 2.38. The maximum Gasteiger partial charge on any atom is 0.278 e. The Hall–Kier alpha value is -3.52. The first-order valence-corrected chi connectivity index (χ1v) is 10.1. The summed E-state index contributed by atoms with van der Waals surface area (Å²) in [5.74, 6) is 0.651. The minimum absolute atomic E-state index is 0.0188. The van der Waals surface area contributed by atoms with Crippen LogP contribution in [0.25, 0.3) is 17.1 Å². The lowest BCUT2D eigenvalue weighted by Crippen LogP contribution is -2.09. The fourth-order valence-corrected chi connectivity index (χ4v) is 4.19. The Balaban J connectivity index is 1.82. The zero-order valence-corrected chi connectivity index (χ0v) is 17.4. The molecule has 1 atom stereocenters. The summed E-state index contributed by atoms with van der Waals surface area (Å²) in [4.78, 5) is 20.9. The zero-order chi connectivity index (χ0) is 20.8. The third kappa shape index (κ3) is 2.88. The molecule has 1 aliphatic rings. The van der Waals surface area contributed by atoms with Gasteiger partial charge in [-0.3, -0.25) is 19.7 Å². The van der Waals surface area contributed by atoms with Gasteiger partial charge in [0.15, 0.2) is 5.76 Å². The maximum atomic E-state index is 11.7. The van der Waals surface area contributed by atoms with Crippen LogP contribution in [-0.2, 0) is 0 Å². The number of aromatic nitrogens is 2. The van der Waals surface area contributed by atoms with E-state index in [0.717, 1.165) is 21.4 Å². The first-order valence-electron chi connectivity index (χ1n) is 9.27. The van der Waals surface area contributed by atoms with Crippen LogP contribution in [0.5, 0.6) is 0 Å². The molecular formula is C22H15BrN4O3. The molecule has 0 saturated heterocycles. The molecule has 3 heterocycles. The summed E-state index contributed by atoms with van der Waals surface area (Å²) in [5.41, 5.74) is 4.26. The Morgan fingerprint density at radius 3 is 2.73 bits per heavy atom. The van der Waals surface area contributed by atoms with Crippen molar-refractivity contribution in [2.75, 3.05) is 0 Å². The summed E-state index contributed by atoms with van der Waals surface area (Å²) in [7, 11) is 0. The van der Waals surface area contributed by atoms with Crippen molar-refractivity contribution in [3.63, 3.8) is 0 Å². The van der Waals surface area contributed by atoms with Gasteiger partial charge in [0.05, 0.1) is 39.9 Å². The smallest absolute Gasteiger partial charge is 0.278 e. The summed E-state index contributed by atoms with van der Waals surface area (Å²) in [6.07, 6.45) is 3.35. The van der Waals surface area contributed by atoms with Gasteiger partial charge in [0.25, 0.3) is 5.69 Å². The van der Waals surface area contributed by atoms with Gasteiger partial charge in [-0.2, -0.15) is 0 Å². The Morgan fingerprint density at radius 2 is 1.97 bits per heavy atom. The summed E-state index contributed by atoms with van der Waals surface area (Å²) in [5, 5.41) is 11.7. The first kappa shape index (κ1) is 18.5. The monoisotopic (exact) mass is 462 g/mol. The lowest BCUT2D eigenvalue weighted by molar-refractivity contribution is -0.385. The Morgan fingerprint density at radius 1 is 1.13 bits per heavy atom. The number of hydrogen-bond donors (Lipinski definition) is 0. The van der Waals surface area contributed by atoms with Gasteiger partial charge in [-0.25, -0.2) is 4.98 Å². The van der Waals surface area contributed by atoms with Crippen molar-refractivity contribution >= 4 is 27.3 Å². The van der Waals surface area contributed by atoms with Gasteiger partial charge in [0, 0.05) is 16.1 Å². The third-order valence-electron chi connectivity index (χ3n) is 5.11. The fourth-order valence-electron chi connectivity index (χ4n) is 3.83. The molecule has 148 valence electrons. The molecule has 0 fully saturated rings. The molecule has 0 saturated carbocycles. The Bertz CT molecular complexity index is 1310. The number of hydrogen-bond acceptors (Lipinski definition) is 5. The van der Waals surface area contributed by atoms with Crippen molar-refractivity contribution < 1.29 is 9.34 Å². The number of benzene rings is 2. The summed E-state index contributed by atoms with van der Waals surface area (Å²) < 4.78 is 8.42. The lowest BCUT2D eigenvalue weighted by Gasteiger charge is -2.12. The molecule has 0 bridgehead atoms. The van der Waals surface area contributed by atoms with E-state index in [1.807, 2.05) is 41.8 Å². The molecule has 5 rings (SSSR count). The second kappa shape index (κ2) is 7.07. The number of nitro groups is 1. The number of aliphatic imine (C=N–C) groups is 1. The van der Waals surface area contributed by atoms with Gasteiger partial charge in [0.1, 0.15) is 12.0 Å². The van der Waals surface area contributed by atoms with Gasteiger partial charge < -0.3 is 4.42 Å². The van der Waals surface area contributed by atoms with E-state index in [-0.39, 0.29) is 16.7 Å². The van der Waals surface area contributed by atoms with Gasteiger partial charge in [0.2, 0.25) is 0 Å². The van der Waals surface area contributed by atoms with Crippen LogP contribution in [0.3, 0.4) is 0 Å². The average molecular weight is 463 g/mol. The topological polar surface area (TPSA) is 86.5 Å². The van der Waals surface area contributed by atoms with Gasteiger partial charge in [-0.15, -0.1) is 0 Å². The fraction of sp³-hybridized carbons (Fsp3) is 0.0909. The number of rotatable bonds is 3. The second-order valence-corrected chi connectivity index (χ2v) is 7.83. The molecule has 7 nitrogen and oxygen atoms in total. The predicted molar refractivity (Wildman–Crippen MR) is 116 cm³/mol. The largest absolute Gasteiger partial charge is 0.463 e. The second-order valence-electron chi connectivity index (χ2n) is 6.92. The van der Waals surface area contributed by atoms with E-state index < -0.39 is 0 Å². The third-order valence-corrected chi connectivity index (χ3v) is 5.60. The molecule has 0 unspecified atom stereocenters. The Labute approximate surface area is 180 Å².